The highest BCUT2D eigenvalue weighted by Gasteiger charge is 2.27. The molecule has 0 aromatic carbocycles. The van der Waals surface area contributed by atoms with Gasteiger partial charge in [0.25, 0.3) is 0 Å². The molecule has 1 atom stereocenters. The Morgan fingerprint density at radius 3 is 2.68 bits per heavy atom. The van der Waals surface area contributed by atoms with Crippen LogP contribution in [0.2, 0.25) is 0 Å². The first-order valence-electron chi connectivity index (χ1n) is 7.81. The van der Waals surface area contributed by atoms with Crippen LogP contribution >= 0.6 is 0 Å². The minimum absolute atomic E-state index is 0.0323. The van der Waals surface area contributed by atoms with E-state index in [2.05, 4.69) is 20.9 Å². The third-order valence-corrected chi connectivity index (χ3v) is 3.79. The van der Waals surface area contributed by atoms with Crippen molar-refractivity contribution >= 4 is 17.8 Å². The van der Waals surface area contributed by atoms with Crippen LogP contribution in [0.1, 0.15) is 33.6 Å². The summed E-state index contributed by atoms with van der Waals surface area (Å²) >= 11 is 0. The summed E-state index contributed by atoms with van der Waals surface area (Å²) in [5.74, 6) is 0.836. The number of rotatable bonds is 5. The Kier molecular flexibility index (Phi) is 6.64. The molecule has 1 rings (SSSR count). The number of hydrogen-bond acceptors (Lipinski definition) is 3. The van der Waals surface area contributed by atoms with E-state index in [9.17, 15) is 9.59 Å². The number of guanidine groups is 1. The number of nitrogens with zero attached hydrogens (tertiary/aromatic N) is 2. The molecule has 1 saturated heterocycles. The largest absolute Gasteiger partial charge is 0.359 e. The first-order chi connectivity index (χ1) is 10.3. The Morgan fingerprint density at radius 1 is 1.45 bits per heavy atom. The summed E-state index contributed by atoms with van der Waals surface area (Å²) in [5.41, 5.74) is -0.559. The van der Waals surface area contributed by atoms with Gasteiger partial charge in [-0.3, -0.25) is 14.6 Å². The smallest absolute Gasteiger partial charge is 0.227 e. The van der Waals surface area contributed by atoms with E-state index in [0.717, 1.165) is 13.0 Å². The zero-order valence-corrected chi connectivity index (χ0v) is 14.3. The Bertz CT molecular complexity index is 434. The molecule has 126 valence electrons. The normalized spacial score (nSPS) is 19.9. The number of likely N-dealkylation sites (tertiary alicyclic amines) is 1. The summed E-state index contributed by atoms with van der Waals surface area (Å²) in [7, 11) is 3.45. The molecule has 2 amide bonds. The van der Waals surface area contributed by atoms with Crippen LogP contribution < -0.4 is 16.0 Å². The average molecular weight is 311 g/mol. The van der Waals surface area contributed by atoms with E-state index in [0.29, 0.717) is 25.5 Å². The highest BCUT2D eigenvalue weighted by Crippen LogP contribution is 2.15. The molecular weight excluding hydrogens is 282 g/mol. The molecule has 1 aliphatic heterocycles. The fourth-order valence-electron chi connectivity index (χ4n) is 2.33. The first kappa shape index (κ1) is 18.3. The van der Waals surface area contributed by atoms with Gasteiger partial charge in [0.05, 0.1) is 12.0 Å². The van der Waals surface area contributed by atoms with Crippen molar-refractivity contribution in [2.45, 2.75) is 39.7 Å². The summed E-state index contributed by atoms with van der Waals surface area (Å²) in [6.07, 6.45) is 1.35. The van der Waals surface area contributed by atoms with Crippen molar-refractivity contribution in [1.82, 2.24) is 20.9 Å². The number of hydrogen-bond donors (Lipinski definition) is 3. The molecule has 1 aliphatic rings. The van der Waals surface area contributed by atoms with E-state index in [-0.39, 0.29) is 17.9 Å². The third-order valence-electron chi connectivity index (χ3n) is 3.79. The summed E-state index contributed by atoms with van der Waals surface area (Å²) in [5, 5.41) is 9.20. The van der Waals surface area contributed by atoms with Gasteiger partial charge in [0.15, 0.2) is 5.96 Å². The SMILES string of the molecule is CCNC(=NCC(C)(C)C(=O)NC)NC1CCC(=O)N(C)C1. The maximum Gasteiger partial charge on any atom is 0.227 e. The van der Waals surface area contributed by atoms with Crippen molar-refractivity contribution < 1.29 is 9.59 Å². The predicted octanol–water partition coefficient (Wildman–Crippen LogP) is -0.0655. The zero-order valence-electron chi connectivity index (χ0n) is 14.3. The van der Waals surface area contributed by atoms with Crippen LogP contribution in [-0.4, -0.2) is 62.4 Å². The molecule has 0 spiro atoms. The molecule has 3 N–H and O–H groups in total. The third kappa shape index (κ3) is 5.20. The van der Waals surface area contributed by atoms with E-state index in [4.69, 9.17) is 0 Å². The highest BCUT2D eigenvalue weighted by molar-refractivity contribution is 5.84. The number of carbonyl (C=O) groups is 2. The number of carbonyl (C=O) groups excluding carboxylic acids is 2. The van der Waals surface area contributed by atoms with Crippen LogP contribution in [0.3, 0.4) is 0 Å². The standard InChI is InChI=1S/C15H29N5O2/c1-6-17-14(18-10-15(2,3)13(22)16-4)19-11-7-8-12(21)20(5)9-11/h11H,6-10H2,1-5H3,(H,16,22)(H2,17,18,19). The monoisotopic (exact) mass is 311 g/mol. The van der Waals surface area contributed by atoms with E-state index < -0.39 is 5.41 Å². The minimum Gasteiger partial charge on any atom is -0.359 e. The second-order valence-corrected chi connectivity index (χ2v) is 6.31. The number of likely N-dealkylation sites (N-methyl/N-ethyl adjacent to an activating group) is 1. The fraction of sp³-hybridized carbons (Fsp3) is 0.800. The molecule has 0 aromatic rings. The van der Waals surface area contributed by atoms with Gasteiger partial charge in [-0.15, -0.1) is 0 Å². The van der Waals surface area contributed by atoms with E-state index in [1.807, 2.05) is 27.8 Å². The van der Waals surface area contributed by atoms with Crippen LogP contribution in [-0.2, 0) is 9.59 Å². The number of nitrogens with one attached hydrogen (secondary N) is 3. The van der Waals surface area contributed by atoms with Gasteiger partial charge in [0, 0.05) is 39.6 Å². The molecule has 0 aliphatic carbocycles. The van der Waals surface area contributed by atoms with Crippen molar-refractivity contribution in [2.75, 3.05) is 33.7 Å². The second-order valence-electron chi connectivity index (χ2n) is 6.31. The van der Waals surface area contributed by atoms with Gasteiger partial charge in [-0.05, 0) is 27.2 Å². The maximum absolute atomic E-state index is 11.8. The van der Waals surface area contributed by atoms with Gasteiger partial charge >= 0.3 is 0 Å². The molecule has 7 nitrogen and oxygen atoms in total. The molecule has 0 bridgehead atoms. The Balaban J connectivity index is 2.66. The quantitative estimate of drug-likeness (QED) is 0.490. The molecular formula is C15H29N5O2. The Labute approximate surface area is 132 Å². The predicted molar refractivity (Wildman–Crippen MR) is 87.6 cm³/mol. The van der Waals surface area contributed by atoms with Gasteiger partial charge in [-0.2, -0.15) is 0 Å². The molecule has 7 heteroatoms. The van der Waals surface area contributed by atoms with Gasteiger partial charge in [0.1, 0.15) is 0 Å². The summed E-state index contributed by atoms with van der Waals surface area (Å²) in [6.45, 7) is 7.54. The lowest BCUT2D eigenvalue weighted by Gasteiger charge is -2.31. The molecule has 1 fully saturated rings. The topological polar surface area (TPSA) is 85.8 Å². The Hall–Kier alpha value is -1.79. The lowest BCUT2D eigenvalue weighted by Crippen LogP contribution is -2.52. The molecule has 1 unspecified atom stereocenters. The van der Waals surface area contributed by atoms with Crippen molar-refractivity contribution in [2.24, 2.45) is 10.4 Å². The maximum atomic E-state index is 11.8. The number of piperidine rings is 1. The average Bonchev–Trinajstić information content (AvgIpc) is 2.48. The van der Waals surface area contributed by atoms with Gasteiger partial charge < -0.3 is 20.9 Å². The lowest BCUT2D eigenvalue weighted by molar-refractivity contribution is -0.132. The lowest BCUT2D eigenvalue weighted by atomic mass is 9.93. The van der Waals surface area contributed by atoms with Crippen molar-refractivity contribution in [3.05, 3.63) is 0 Å². The van der Waals surface area contributed by atoms with Crippen LogP contribution in [0.4, 0.5) is 0 Å². The van der Waals surface area contributed by atoms with E-state index in [1.54, 1.807) is 11.9 Å². The van der Waals surface area contributed by atoms with Crippen LogP contribution in [0, 0.1) is 5.41 Å². The highest BCUT2D eigenvalue weighted by atomic mass is 16.2. The summed E-state index contributed by atoms with van der Waals surface area (Å²) in [4.78, 5) is 29.6. The second kappa shape index (κ2) is 8.00. The van der Waals surface area contributed by atoms with Gasteiger partial charge in [0.2, 0.25) is 11.8 Å². The molecule has 1 heterocycles. The fourth-order valence-corrected chi connectivity index (χ4v) is 2.33. The first-order valence-corrected chi connectivity index (χ1v) is 7.81. The molecule has 0 saturated carbocycles. The number of amides is 2. The van der Waals surface area contributed by atoms with E-state index in [1.165, 1.54) is 0 Å². The Morgan fingerprint density at radius 2 is 2.14 bits per heavy atom. The van der Waals surface area contributed by atoms with Crippen LogP contribution in [0.25, 0.3) is 0 Å². The van der Waals surface area contributed by atoms with Crippen molar-refractivity contribution in [3.8, 4) is 0 Å². The van der Waals surface area contributed by atoms with Crippen molar-refractivity contribution in [3.63, 3.8) is 0 Å². The zero-order chi connectivity index (χ0) is 16.8. The van der Waals surface area contributed by atoms with Gasteiger partial charge in [-0.1, -0.05) is 0 Å². The number of aliphatic imine (C=N–C) groups is 1. The minimum atomic E-state index is -0.559. The molecule has 0 aromatic heterocycles. The van der Waals surface area contributed by atoms with Crippen molar-refractivity contribution in [1.29, 1.82) is 0 Å². The van der Waals surface area contributed by atoms with E-state index >= 15 is 0 Å². The van der Waals surface area contributed by atoms with Gasteiger partial charge in [-0.25, -0.2) is 0 Å². The molecule has 0 radical (unpaired) electrons. The van der Waals surface area contributed by atoms with Crippen LogP contribution in [0.5, 0.6) is 0 Å². The summed E-state index contributed by atoms with van der Waals surface area (Å²) in [6, 6.07) is 0.184. The summed E-state index contributed by atoms with van der Waals surface area (Å²) < 4.78 is 0. The van der Waals surface area contributed by atoms with Crippen LogP contribution in [0.15, 0.2) is 4.99 Å². The molecule has 22 heavy (non-hydrogen) atoms.